The van der Waals surface area contributed by atoms with E-state index in [1.165, 1.54) is 33.1 Å². The molecule has 0 bridgehead atoms. The van der Waals surface area contributed by atoms with Crippen LogP contribution in [-0.2, 0) is 6.42 Å². The highest BCUT2D eigenvalue weighted by molar-refractivity contribution is 9.10. The molecule has 0 saturated carbocycles. The van der Waals surface area contributed by atoms with E-state index >= 15 is 0 Å². The lowest BCUT2D eigenvalue weighted by atomic mass is 9.74. The molecule has 1 N–H and O–H groups in total. The van der Waals surface area contributed by atoms with Gasteiger partial charge in [-0.3, -0.25) is 0 Å². The topological polar surface area (TPSA) is 12.0 Å². The second-order valence-electron chi connectivity index (χ2n) is 7.72. The number of nitrogens with one attached hydrogen (secondary N) is 1. The van der Waals surface area contributed by atoms with Gasteiger partial charge in [-0.1, -0.05) is 46.3 Å². The third-order valence-corrected chi connectivity index (χ3v) is 5.15. The summed E-state index contributed by atoms with van der Waals surface area (Å²) in [5.74, 6) is 0.530. The third-order valence-electron chi connectivity index (χ3n) is 4.69. The Morgan fingerprint density at radius 2 is 1.78 bits per heavy atom. The van der Waals surface area contributed by atoms with Crippen molar-refractivity contribution >= 4 is 15.9 Å². The molecule has 0 aliphatic heterocycles. The van der Waals surface area contributed by atoms with Crippen LogP contribution in [0.25, 0.3) is 0 Å². The zero-order valence-corrected chi connectivity index (χ0v) is 16.1. The average molecular weight is 372 g/mol. The van der Waals surface area contributed by atoms with Crippen molar-refractivity contribution in [1.29, 1.82) is 0 Å². The highest BCUT2D eigenvalue weighted by atomic mass is 79.9. The summed E-state index contributed by atoms with van der Waals surface area (Å²) in [6, 6.07) is 15.9. The summed E-state index contributed by atoms with van der Waals surface area (Å²) in [6.45, 7) is 9.03. The van der Waals surface area contributed by atoms with E-state index in [2.05, 4.69) is 91.4 Å². The molecule has 23 heavy (non-hydrogen) atoms. The Labute approximate surface area is 148 Å². The predicted molar refractivity (Wildman–Crippen MR) is 102 cm³/mol. The summed E-state index contributed by atoms with van der Waals surface area (Å²) in [5.41, 5.74) is 5.92. The maximum Gasteiger partial charge on any atom is 0.0399 e. The molecule has 2 heteroatoms. The molecule has 1 nitrogen and oxygen atoms in total. The first-order chi connectivity index (χ1) is 10.8. The Hall–Kier alpha value is -1.12. The van der Waals surface area contributed by atoms with Gasteiger partial charge in [0.05, 0.1) is 0 Å². The van der Waals surface area contributed by atoms with Crippen LogP contribution in [0, 0.1) is 6.92 Å². The van der Waals surface area contributed by atoms with E-state index in [0.717, 1.165) is 6.42 Å². The molecule has 0 fully saturated rings. The van der Waals surface area contributed by atoms with Crippen LogP contribution < -0.4 is 5.32 Å². The Bertz CT molecular complexity index is 685. The first kappa shape index (κ1) is 16.7. The van der Waals surface area contributed by atoms with Crippen molar-refractivity contribution in [3.63, 3.8) is 0 Å². The molecule has 3 rings (SSSR count). The normalized spacial score (nSPS) is 21.1. The Morgan fingerprint density at radius 1 is 1.09 bits per heavy atom. The van der Waals surface area contributed by atoms with Gasteiger partial charge in [-0.15, -0.1) is 0 Å². The van der Waals surface area contributed by atoms with E-state index < -0.39 is 0 Å². The van der Waals surface area contributed by atoms with E-state index in [4.69, 9.17) is 0 Å². The van der Waals surface area contributed by atoms with Gasteiger partial charge < -0.3 is 5.32 Å². The molecule has 1 aliphatic carbocycles. The molecule has 0 saturated heterocycles. The second kappa shape index (κ2) is 6.41. The third kappa shape index (κ3) is 3.70. The SMILES string of the molecule is Cc1cc(Br)cc2c1[C@@H](NC(C)(C)C)[C@@H](c1ccccc1)CC2. The predicted octanol–water partition coefficient (Wildman–Crippen LogP) is 5.92. The van der Waals surface area contributed by atoms with Crippen molar-refractivity contribution in [1.82, 2.24) is 5.32 Å². The van der Waals surface area contributed by atoms with Crippen LogP contribution in [0.15, 0.2) is 46.9 Å². The summed E-state index contributed by atoms with van der Waals surface area (Å²) in [5, 5.41) is 3.91. The first-order valence-electron chi connectivity index (χ1n) is 8.47. The molecule has 2 aromatic carbocycles. The smallest absolute Gasteiger partial charge is 0.0399 e. The molecule has 1 aliphatic rings. The molecule has 0 unspecified atom stereocenters. The van der Waals surface area contributed by atoms with Crippen LogP contribution in [0.2, 0.25) is 0 Å². The lowest BCUT2D eigenvalue weighted by Crippen LogP contribution is -2.43. The zero-order chi connectivity index (χ0) is 16.6. The van der Waals surface area contributed by atoms with Gasteiger partial charge >= 0.3 is 0 Å². The molecule has 0 amide bonds. The zero-order valence-electron chi connectivity index (χ0n) is 14.5. The minimum Gasteiger partial charge on any atom is -0.305 e. The van der Waals surface area contributed by atoms with Gasteiger partial charge in [0, 0.05) is 22.0 Å². The van der Waals surface area contributed by atoms with Gasteiger partial charge in [0.15, 0.2) is 0 Å². The van der Waals surface area contributed by atoms with E-state index in [9.17, 15) is 0 Å². The van der Waals surface area contributed by atoms with Crippen molar-refractivity contribution < 1.29 is 0 Å². The van der Waals surface area contributed by atoms with Crippen molar-refractivity contribution in [3.05, 3.63) is 69.2 Å². The fourth-order valence-electron chi connectivity index (χ4n) is 3.85. The van der Waals surface area contributed by atoms with Gasteiger partial charge in [0.1, 0.15) is 0 Å². The average Bonchev–Trinajstić information content (AvgIpc) is 2.46. The number of benzene rings is 2. The molecular formula is C21H26BrN. The van der Waals surface area contributed by atoms with Crippen LogP contribution in [0.5, 0.6) is 0 Å². The van der Waals surface area contributed by atoms with Crippen LogP contribution in [-0.4, -0.2) is 5.54 Å². The maximum absolute atomic E-state index is 3.91. The second-order valence-corrected chi connectivity index (χ2v) is 8.64. The van der Waals surface area contributed by atoms with Gasteiger partial charge in [-0.2, -0.15) is 0 Å². The number of halogens is 1. The van der Waals surface area contributed by atoms with E-state index in [1.54, 1.807) is 0 Å². The summed E-state index contributed by atoms with van der Waals surface area (Å²) in [7, 11) is 0. The number of aryl methyl sites for hydroxylation is 2. The van der Waals surface area contributed by atoms with E-state index in [0.29, 0.717) is 12.0 Å². The summed E-state index contributed by atoms with van der Waals surface area (Å²) in [6.07, 6.45) is 2.35. The standard InChI is InChI=1S/C21H26BrN/c1-14-12-17(22)13-16-10-11-18(15-8-6-5-7-9-15)20(19(14)16)23-21(2,3)4/h5-9,12-13,18,20,23H,10-11H2,1-4H3/t18-,20+/m1/s1. The molecule has 0 radical (unpaired) electrons. The number of hydrogen-bond acceptors (Lipinski definition) is 1. The number of rotatable bonds is 2. The highest BCUT2D eigenvalue weighted by Gasteiger charge is 2.34. The molecular weight excluding hydrogens is 346 g/mol. The van der Waals surface area contributed by atoms with Gasteiger partial charge in [0.2, 0.25) is 0 Å². The Kier molecular flexibility index (Phi) is 4.66. The summed E-state index contributed by atoms with van der Waals surface area (Å²) in [4.78, 5) is 0. The van der Waals surface area contributed by atoms with Gasteiger partial charge in [-0.05, 0) is 74.9 Å². The van der Waals surface area contributed by atoms with Crippen LogP contribution in [0.3, 0.4) is 0 Å². The lowest BCUT2D eigenvalue weighted by molar-refractivity contribution is 0.306. The summed E-state index contributed by atoms with van der Waals surface area (Å²) >= 11 is 3.66. The van der Waals surface area contributed by atoms with Crippen LogP contribution in [0.1, 0.15) is 61.4 Å². The lowest BCUT2D eigenvalue weighted by Gasteiger charge is -2.40. The largest absolute Gasteiger partial charge is 0.305 e. The Balaban J connectivity index is 2.09. The van der Waals surface area contributed by atoms with Crippen LogP contribution in [0.4, 0.5) is 0 Å². The molecule has 0 heterocycles. The van der Waals surface area contributed by atoms with Gasteiger partial charge in [-0.25, -0.2) is 0 Å². The molecule has 2 aromatic rings. The van der Waals surface area contributed by atoms with Crippen molar-refractivity contribution in [2.24, 2.45) is 0 Å². The van der Waals surface area contributed by atoms with Crippen molar-refractivity contribution in [2.75, 3.05) is 0 Å². The van der Waals surface area contributed by atoms with Crippen molar-refractivity contribution in [2.45, 2.75) is 58.0 Å². The monoisotopic (exact) mass is 371 g/mol. The minimum absolute atomic E-state index is 0.0891. The van der Waals surface area contributed by atoms with E-state index in [1.807, 2.05) is 0 Å². The van der Waals surface area contributed by atoms with Crippen LogP contribution >= 0.6 is 15.9 Å². The van der Waals surface area contributed by atoms with Gasteiger partial charge in [0.25, 0.3) is 0 Å². The number of fused-ring (bicyclic) bond motifs is 1. The number of hydrogen-bond donors (Lipinski definition) is 1. The van der Waals surface area contributed by atoms with E-state index in [-0.39, 0.29) is 5.54 Å². The minimum atomic E-state index is 0.0891. The maximum atomic E-state index is 3.91. The fraction of sp³-hybridized carbons (Fsp3) is 0.429. The molecule has 122 valence electrons. The van der Waals surface area contributed by atoms with Crippen molar-refractivity contribution in [3.8, 4) is 0 Å². The Morgan fingerprint density at radius 3 is 2.43 bits per heavy atom. The quantitative estimate of drug-likeness (QED) is 0.690. The first-order valence-corrected chi connectivity index (χ1v) is 9.26. The molecule has 0 spiro atoms. The molecule has 0 aromatic heterocycles. The highest BCUT2D eigenvalue weighted by Crippen LogP contribution is 2.44. The fourth-order valence-corrected chi connectivity index (χ4v) is 4.47. The molecule has 2 atom stereocenters. The summed E-state index contributed by atoms with van der Waals surface area (Å²) < 4.78 is 1.20.